The van der Waals surface area contributed by atoms with Gasteiger partial charge in [-0.25, -0.2) is 0 Å². The summed E-state index contributed by atoms with van der Waals surface area (Å²) in [5, 5.41) is 3.03. The number of nitrogens with one attached hydrogen (secondary N) is 1. The van der Waals surface area contributed by atoms with E-state index in [1.54, 1.807) is 6.92 Å². The number of amides is 1. The first kappa shape index (κ1) is 14.2. The van der Waals surface area contributed by atoms with Crippen LogP contribution in [0, 0.1) is 11.8 Å². The fourth-order valence-corrected chi connectivity index (χ4v) is 2.57. The number of ether oxygens (including phenoxy) is 1. The van der Waals surface area contributed by atoms with E-state index in [2.05, 4.69) is 32.7 Å². The largest absolute Gasteiger partial charge is 0.373 e. The number of carbonyl (C=O) groups excluding carboxylic acids is 1. The van der Waals surface area contributed by atoms with Crippen molar-refractivity contribution in [3.8, 4) is 0 Å². The summed E-state index contributed by atoms with van der Waals surface area (Å²) in [5.41, 5.74) is 0.551. The molecule has 3 nitrogen and oxygen atoms in total. The van der Waals surface area contributed by atoms with E-state index in [0.29, 0.717) is 23.5 Å². The second-order valence-electron chi connectivity index (χ2n) is 5.29. The number of hydrogen-bond donors (Lipinski definition) is 1. The molecule has 1 saturated heterocycles. The highest BCUT2D eigenvalue weighted by Gasteiger charge is 2.39. The van der Waals surface area contributed by atoms with Crippen molar-refractivity contribution in [3.63, 3.8) is 0 Å². The van der Waals surface area contributed by atoms with Gasteiger partial charge in [0, 0.05) is 5.57 Å². The van der Waals surface area contributed by atoms with E-state index < -0.39 is 0 Å². The Morgan fingerprint density at radius 2 is 1.88 bits per heavy atom. The van der Waals surface area contributed by atoms with Gasteiger partial charge in [0.05, 0.1) is 18.2 Å². The van der Waals surface area contributed by atoms with E-state index in [1.807, 2.05) is 6.92 Å². The van der Waals surface area contributed by atoms with Gasteiger partial charge in [-0.15, -0.1) is 0 Å². The Balaban J connectivity index is 2.73. The van der Waals surface area contributed by atoms with Crippen LogP contribution in [0.2, 0.25) is 0 Å². The molecule has 5 unspecified atom stereocenters. The third kappa shape index (κ3) is 3.09. The van der Waals surface area contributed by atoms with Gasteiger partial charge < -0.3 is 10.1 Å². The lowest BCUT2D eigenvalue weighted by Gasteiger charge is -2.44. The topological polar surface area (TPSA) is 38.3 Å². The average Bonchev–Trinajstić information content (AvgIpc) is 2.28. The lowest BCUT2D eigenvalue weighted by atomic mass is 9.79. The molecule has 1 N–H and O–H groups in total. The van der Waals surface area contributed by atoms with Crippen LogP contribution in [0.15, 0.2) is 12.2 Å². The van der Waals surface area contributed by atoms with Crippen molar-refractivity contribution in [2.75, 3.05) is 0 Å². The molecule has 1 heterocycles. The maximum absolute atomic E-state index is 11.7. The van der Waals surface area contributed by atoms with Gasteiger partial charge in [0.2, 0.25) is 5.91 Å². The van der Waals surface area contributed by atoms with E-state index in [4.69, 9.17) is 4.74 Å². The molecule has 3 heteroatoms. The smallest absolute Gasteiger partial charge is 0.246 e. The van der Waals surface area contributed by atoms with Gasteiger partial charge in [-0.3, -0.25) is 4.79 Å². The molecular weight excluding hydrogens is 214 g/mol. The summed E-state index contributed by atoms with van der Waals surface area (Å²) in [6.45, 7) is 14.0. The predicted molar refractivity (Wildman–Crippen MR) is 69.7 cm³/mol. The third-order valence-electron chi connectivity index (χ3n) is 3.97. The maximum atomic E-state index is 11.7. The molecule has 1 fully saturated rings. The van der Waals surface area contributed by atoms with Crippen LogP contribution in [0.3, 0.4) is 0 Å². The van der Waals surface area contributed by atoms with Gasteiger partial charge in [-0.2, -0.15) is 0 Å². The summed E-state index contributed by atoms with van der Waals surface area (Å²) in [6.07, 6.45) is 1.39. The minimum Gasteiger partial charge on any atom is -0.373 e. The Labute approximate surface area is 105 Å². The molecule has 0 aliphatic carbocycles. The summed E-state index contributed by atoms with van der Waals surface area (Å²) in [4.78, 5) is 11.7. The Morgan fingerprint density at radius 3 is 2.35 bits per heavy atom. The third-order valence-corrected chi connectivity index (χ3v) is 3.97. The van der Waals surface area contributed by atoms with Crippen molar-refractivity contribution in [2.24, 2.45) is 11.8 Å². The molecule has 1 amide bonds. The number of carbonyl (C=O) groups is 1. The Hall–Kier alpha value is -0.830. The fraction of sp³-hybridized carbons (Fsp3) is 0.786. The zero-order valence-electron chi connectivity index (χ0n) is 11.6. The standard InChI is InChI=1S/C14H25NO2/c1-7-12-9(4)10(5)13(11(6)17-12)15-14(16)8(2)3/h9-13H,2,7H2,1,3-6H3,(H,15,16). The minimum atomic E-state index is -0.0700. The molecule has 1 aliphatic heterocycles. The van der Waals surface area contributed by atoms with Crippen LogP contribution < -0.4 is 5.32 Å². The summed E-state index contributed by atoms with van der Waals surface area (Å²) >= 11 is 0. The van der Waals surface area contributed by atoms with Crippen LogP contribution >= 0.6 is 0 Å². The van der Waals surface area contributed by atoms with Crippen LogP contribution in [0.5, 0.6) is 0 Å². The van der Waals surface area contributed by atoms with Crippen LogP contribution in [-0.2, 0) is 9.53 Å². The Morgan fingerprint density at radius 1 is 1.29 bits per heavy atom. The maximum Gasteiger partial charge on any atom is 0.246 e. The highest BCUT2D eigenvalue weighted by Crippen LogP contribution is 2.32. The fourth-order valence-electron chi connectivity index (χ4n) is 2.57. The summed E-state index contributed by atoms with van der Waals surface area (Å²) in [5.74, 6) is 0.818. The minimum absolute atomic E-state index is 0.0643. The van der Waals surface area contributed by atoms with Crippen LogP contribution in [0.25, 0.3) is 0 Å². The van der Waals surface area contributed by atoms with Crippen molar-refractivity contribution in [3.05, 3.63) is 12.2 Å². The lowest BCUT2D eigenvalue weighted by Crippen LogP contribution is -2.55. The summed E-state index contributed by atoms with van der Waals surface area (Å²) in [6, 6.07) is 0.0806. The van der Waals surface area contributed by atoms with Gasteiger partial charge in [0.25, 0.3) is 0 Å². The molecule has 1 aliphatic rings. The second-order valence-corrected chi connectivity index (χ2v) is 5.29. The quantitative estimate of drug-likeness (QED) is 0.769. The molecule has 5 atom stereocenters. The van der Waals surface area contributed by atoms with Gasteiger partial charge in [0.1, 0.15) is 0 Å². The molecule has 0 spiro atoms. The molecule has 1 rings (SSSR count). The SMILES string of the molecule is C=C(C)C(=O)NC1C(C)OC(CC)C(C)C1C. The number of hydrogen-bond acceptors (Lipinski definition) is 2. The molecule has 17 heavy (non-hydrogen) atoms. The van der Waals surface area contributed by atoms with Crippen LogP contribution in [0.4, 0.5) is 0 Å². The van der Waals surface area contributed by atoms with Crippen molar-refractivity contribution < 1.29 is 9.53 Å². The van der Waals surface area contributed by atoms with Gasteiger partial charge in [-0.05, 0) is 32.1 Å². The van der Waals surface area contributed by atoms with Crippen molar-refractivity contribution in [1.29, 1.82) is 0 Å². The van der Waals surface area contributed by atoms with Crippen molar-refractivity contribution in [1.82, 2.24) is 5.32 Å². The molecule has 0 aromatic rings. The van der Waals surface area contributed by atoms with E-state index in [9.17, 15) is 4.79 Å². The predicted octanol–water partition coefficient (Wildman–Crippen LogP) is 2.52. The van der Waals surface area contributed by atoms with Gasteiger partial charge in [0.15, 0.2) is 0 Å². The van der Waals surface area contributed by atoms with E-state index in [0.717, 1.165) is 6.42 Å². The summed E-state index contributed by atoms with van der Waals surface area (Å²) in [7, 11) is 0. The summed E-state index contributed by atoms with van der Waals surface area (Å²) < 4.78 is 5.97. The van der Waals surface area contributed by atoms with Gasteiger partial charge in [-0.1, -0.05) is 27.4 Å². The van der Waals surface area contributed by atoms with Crippen molar-refractivity contribution in [2.45, 2.75) is 59.3 Å². The lowest BCUT2D eigenvalue weighted by molar-refractivity contribution is -0.132. The molecule has 0 radical (unpaired) electrons. The first-order valence-electron chi connectivity index (χ1n) is 6.50. The Bertz CT molecular complexity index is 301. The van der Waals surface area contributed by atoms with E-state index >= 15 is 0 Å². The first-order chi connectivity index (χ1) is 7.88. The molecular formula is C14H25NO2. The molecule has 0 saturated carbocycles. The van der Waals surface area contributed by atoms with Gasteiger partial charge >= 0.3 is 0 Å². The first-order valence-corrected chi connectivity index (χ1v) is 6.50. The highest BCUT2D eigenvalue weighted by atomic mass is 16.5. The van der Waals surface area contributed by atoms with Crippen LogP contribution in [-0.4, -0.2) is 24.2 Å². The second kappa shape index (κ2) is 5.67. The molecule has 98 valence electrons. The van der Waals surface area contributed by atoms with Crippen LogP contribution in [0.1, 0.15) is 41.0 Å². The highest BCUT2D eigenvalue weighted by molar-refractivity contribution is 5.92. The zero-order chi connectivity index (χ0) is 13.2. The van der Waals surface area contributed by atoms with Crippen molar-refractivity contribution >= 4 is 5.91 Å². The monoisotopic (exact) mass is 239 g/mol. The average molecular weight is 239 g/mol. The Kier molecular flexibility index (Phi) is 4.75. The van der Waals surface area contributed by atoms with E-state index in [1.165, 1.54) is 0 Å². The number of rotatable bonds is 3. The molecule has 0 aromatic heterocycles. The normalized spacial score (nSPS) is 37.6. The molecule has 0 bridgehead atoms. The zero-order valence-corrected chi connectivity index (χ0v) is 11.6. The van der Waals surface area contributed by atoms with E-state index in [-0.39, 0.29) is 18.1 Å². The molecule has 0 aromatic carbocycles.